The van der Waals surface area contributed by atoms with Crippen LogP contribution < -0.4 is 0 Å². The van der Waals surface area contributed by atoms with E-state index in [1.54, 1.807) is 31.3 Å². The third-order valence-electron chi connectivity index (χ3n) is 5.54. The van der Waals surface area contributed by atoms with Gasteiger partial charge in [-0.05, 0) is 48.7 Å². The van der Waals surface area contributed by atoms with Crippen LogP contribution >= 0.6 is 0 Å². The highest BCUT2D eigenvalue weighted by Gasteiger charge is 2.29. The summed E-state index contributed by atoms with van der Waals surface area (Å²) in [6.07, 6.45) is 0.537. The van der Waals surface area contributed by atoms with Crippen molar-refractivity contribution in [1.29, 1.82) is 0 Å². The fraction of sp³-hybridized carbons (Fsp3) is 0.409. The van der Waals surface area contributed by atoms with E-state index in [9.17, 15) is 17.6 Å². The molecule has 0 spiro atoms. The van der Waals surface area contributed by atoms with E-state index in [-0.39, 0.29) is 22.7 Å². The van der Waals surface area contributed by atoms with E-state index in [4.69, 9.17) is 4.74 Å². The highest BCUT2D eigenvalue weighted by molar-refractivity contribution is 7.89. The van der Waals surface area contributed by atoms with Crippen LogP contribution in [0.25, 0.3) is 0 Å². The monoisotopic (exact) mass is 434 g/mol. The third kappa shape index (κ3) is 4.55. The molecule has 1 saturated heterocycles. The lowest BCUT2D eigenvalue weighted by molar-refractivity contribution is 0.0728. The van der Waals surface area contributed by atoms with Crippen LogP contribution in [0.2, 0.25) is 0 Å². The smallest absolute Gasteiger partial charge is 0.254 e. The van der Waals surface area contributed by atoms with E-state index in [0.717, 1.165) is 5.56 Å². The van der Waals surface area contributed by atoms with E-state index in [1.165, 1.54) is 27.4 Å². The molecule has 1 atom stereocenters. The molecule has 8 heteroatoms. The molecule has 1 fully saturated rings. The number of sulfonamides is 1. The van der Waals surface area contributed by atoms with Crippen molar-refractivity contribution < 1.29 is 22.3 Å². The van der Waals surface area contributed by atoms with E-state index in [0.29, 0.717) is 43.9 Å². The number of morpholine rings is 1. The predicted molar refractivity (Wildman–Crippen MR) is 112 cm³/mol. The zero-order chi connectivity index (χ0) is 21.9. The van der Waals surface area contributed by atoms with Crippen LogP contribution in [0, 0.1) is 5.82 Å². The molecule has 30 heavy (non-hydrogen) atoms. The van der Waals surface area contributed by atoms with Gasteiger partial charge in [0.05, 0.1) is 24.2 Å². The molecular formula is C22H27FN2O4S. The van der Waals surface area contributed by atoms with Crippen LogP contribution in [-0.4, -0.2) is 56.9 Å². The van der Waals surface area contributed by atoms with E-state index in [2.05, 4.69) is 0 Å². The summed E-state index contributed by atoms with van der Waals surface area (Å²) in [5, 5.41) is 0. The number of aryl methyl sites for hydroxylation is 1. The molecule has 6 nitrogen and oxygen atoms in total. The molecule has 1 aliphatic rings. The van der Waals surface area contributed by atoms with Gasteiger partial charge in [-0.15, -0.1) is 0 Å². The fourth-order valence-corrected chi connectivity index (χ4v) is 5.22. The highest BCUT2D eigenvalue weighted by atomic mass is 32.2. The van der Waals surface area contributed by atoms with E-state index in [1.807, 2.05) is 13.8 Å². The minimum absolute atomic E-state index is 0.167. The Morgan fingerprint density at radius 2 is 1.80 bits per heavy atom. The summed E-state index contributed by atoms with van der Waals surface area (Å²) in [6.45, 7) is 5.04. The lowest BCUT2D eigenvalue weighted by atomic mass is 10.0. The largest absolute Gasteiger partial charge is 0.379 e. The molecule has 0 aliphatic carbocycles. The van der Waals surface area contributed by atoms with Crippen molar-refractivity contribution in [1.82, 2.24) is 9.21 Å². The summed E-state index contributed by atoms with van der Waals surface area (Å²) in [6, 6.07) is 10.5. The Morgan fingerprint density at radius 1 is 1.17 bits per heavy atom. The van der Waals surface area contributed by atoms with Gasteiger partial charge in [0.2, 0.25) is 10.0 Å². The molecule has 1 amide bonds. The number of carbonyl (C=O) groups is 1. The van der Waals surface area contributed by atoms with Gasteiger partial charge in [-0.25, -0.2) is 12.8 Å². The summed E-state index contributed by atoms with van der Waals surface area (Å²) in [4.78, 5) is 14.8. The van der Waals surface area contributed by atoms with Gasteiger partial charge in [-0.2, -0.15) is 4.31 Å². The highest BCUT2D eigenvalue weighted by Crippen LogP contribution is 2.26. The molecule has 0 N–H and O–H groups in total. The molecule has 0 radical (unpaired) electrons. The Balaban J connectivity index is 1.91. The van der Waals surface area contributed by atoms with E-state index >= 15 is 0 Å². The Bertz CT molecular complexity index is 1000. The van der Waals surface area contributed by atoms with Crippen LogP contribution in [0.5, 0.6) is 0 Å². The van der Waals surface area contributed by atoms with E-state index < -0.39 is 10.0 Å². The minimum Gasteiger partial charge on any atom is -0.379 e. The molecule has 3 rings (SSSR count). The number of halogens is 1. The van der Waals surface area contributed by atoms with Gasteiger partial charge in [0.1, 0.15) is 5.82 Å². The Labute approximate surface area is 177 Å². The number of nitrogens with zero attached hydrogens (tertiary/aromatic N) is 2. The molecular weight excluding hydrogens is 407 g/mol. The van der Waals surface area contributed by atoms with Crippen LogP contribution in [0.4, 0.5) is 4.39 Å². The maximum atomic E-state index is 13.2. The number of benzene rings is 2. The summed E-state index contributed by atoms with van der Waals surface area (Å²) < 4.78 is 46.3. The molecule has 0 saturated carbocycles. The van der Waals surface area contributed by atoms with Crippen LogP contribution in [0.1, 0.15) is 41.4 Å². The first-order valence-electron chi connectivity index (χ1n) is 9.99. The first kappa shape index (κ1) is 22.4. The quantitative estimate of drug-likeness (QED) is 0.700. The molecule has 1 unspecified atom stereocenters. The second kappa shape index (κ2) is 9.24. The Hall–Kier alpha value is -2.29. The SMILES string of the molecule is CCc1ccc(C(=O)N(C)C(C)c2ccc(F)cc2)cc1S(=O)(=O)N1CCOCC1. The molecule has 1 aliphatic heterocycles. The average Bonchev–Trinajstić information content (AvgIpc) is 2.78. The number of ether oxygens (including phenoxy) is 1. The lowest BCUT2D eigenvalue weighted by Gasteiger charge is -2.28. The number of hydrogen-bond donors (Lipinski definition) is 0. The van der Waals surface area contributed by atoms with Crippen molar-refractivity contribution in [3.63, 3.8) is 0 Å². The molecule has 2 aromatic rings. The maximum Gasteiger partial charge on any atom is 0.254 e. The number of rotatable bonds is 6. The van der Waals surface area contributed by atoms with Crippen molar-refractivity contribution >= 4 is 15.9 Å². The molecule has 0 bridgehead atoms. The lowest BCUT2D eigenvalue weighted by Crippen LogP contribution is -2.41. The topological polar surface area (TPSA) is 66.9 Å². The van der Waals surface area contributed by atoms with Crippen molar-refractivity contribution in [2.45, 2.75) is 31.2 Å². The number of amides is 1. The normalized spacial score (nSPS) is 16.3. The first-order valence-corrected chi connectivity index (χ1v) is 11.4. The summed E-state index contributed by atoms with van der Waals surface area (Å²) in [5.41, 5.74) is 1.77. The van der Waals surface area contributed by atoms with Crippen LogP contribution in [0.15, 0.2) is 47.4 Å². The predicted octanol–water partition coefficient (Wildman–Crippen LogP) is 3.24. The third-order valence-corrected chi connectivity index (χ3v) is 7.52. The van der Waals surface area contributed by atoms with Gasteiger partial charge in [-0.3, -0.25) is 4.79 Å². The van der Waals surface area contributed by atoms with Crippen LogP contribution in [0.3, 0.4) is 0 Å². The molecule has 2 aromatic carbocycles. The maximum absolute atomic E-state index is 13.2. The summed E-state index contributed by atoms with van der Waals surface area (Å²) in [7, 11) is -2.07. The van der Waals surface area contributed by atoms with Crippen LogP contribution in [-0.2, 0) is 21.2 Å². The van der Waals surface area contributed by atoms with Crippen molar-refractivity contribution in [3.8, 4) is 0 Å². The number of carbonyl (C=O) groups excluding carboxylic acids is 1. The second-order valence-electron chi connectivity index (χ2n) is 7.34. The summed E-state index contributed by atoms with van der Waals surface area (Å²) >= 11 is 0. The van der Waals surface area contributed by atoms with Gasteiger partial charge in [0, 0.05) is 25.7 Å². The second-order valence-corrected chi connectivity index (χ2v) is 9.24. The van der Waals surface area contributed by atoms with Gasteiger partial charge in [-0.1, -0.05) is 25.1 Å². The first-order chi connectivity index (χ1) is 14.3. The van der Waals surface area contributed by atoms with Crippen molar-refractivity contribution in [3.05, 3.63) is 65.0 Å². The Morgan fingerprint density at radius 3 is 2.40 bits per heavy atom. The molecule has 0 aromatic heterocycles. The average molecular weight is 435 g/mol. The zero-order valence-corrected chi connectivity index (χ0v) is 18.3. The number of hydrogen-bond acceptors (Lipinski definition) is 4. The zero-order valence-electron chi connectivity index (χ0n) is 17.5. The van der Waals surface area contributed by atoms with Gasteiger partial charge in [0.25, 0.3) is 5.91 Å². The van der Waals surface area contributed by atoms with Crippen molar-refractivity contribution in [2.24, 2.45) is 0 Å². The minimum atomic E-state index is -3.72. The summed E-state index contributed by atoms with van der Waals surface area (Å²) in [5.74, 6) is -0.638. The van der Waals surface area contributed by atoms with Gasteiger partial charge in [0.15, 0.2) is 0 Å². The fourth-order valence-electron chi connectivity index (χ4n) is 3.49. The molecule has 1 heterocycles. The standard InChI is InChI=1S/C22H27FN2O4S/c1-4-17-5-6-19(15-21(17)30(27,28)25-11-13-29-14-12-25)22(26)24(3)16(2)18-7-9-20(23)10-8-18/h5-10,15-16H,4,11-14H2,1-3H3. The Kier molecular flexibility index (Phi) is 6.90. The van der Waals surface area contributed by atoms with Gasteiger partial charge < -0.3 is 9.64 Å². The van der Waals surface area contributed by atoms with Crippen molar-refractivity contribution in [2.75, 3.05) is 33.4 Å². The van der Waals surface area contributed by atoms with Gasteiger partial charge >= 0.3 is 0 Å². The molecule has 162 valence electrons.